The standard InChI is InChI=1S/C9H13N3O3/c1-6-5-12(4-3-7(13)10-2)9(15)11-8(6)14/h5H,3-4H2,1-2H3,(H,10,13)(H,11,14,15). The summed E-state index contributed by atoms with van der Waals surface area (Å²) < 4.78 is 1.31. The molecule has 1 aromatic rings. The maximum Gasteiger partial charge on any atom is 0.328 e. The van der Waals surface area contributed by atoms with E-state index in [0.29, 0.717) is 5.56 Å². The Morgan fingerprint density at radius 2 is 2.20 bits per heavy atom. The molecule has 0 bridgehead atoms. The van der Waals surface area contributed by atoms with Crippen LogP contribution in [0.2, 0.25) is 0 Å². The molecule has 0 unspecified atom stereocenters. The number of hydrogen-bond acceptors (Lipinski definition) is 3. The van der Waals surface area contributed by atoms with Crippen molar-refractivity contribution in [1.82, 2.24) is 14.9 Å². The maximum atomic E-state index is 11.3. The van der Waals surface area contributed by atoms with Gasteiger partial charge in [-0.1, -0.05) is 0 Å². The van der Waals surface area contributed by atoms with Crippen LogP contribution in [0.3, 0.4) is 0 Å². The summed E-state index contributed by atoms with van der Waals surface area (Å²) in [6.07, 6.45) is 1.66. The van der Waals surface area contributed by atoms with Gasteiger partial charge in [0.15, 0.2) is 0 Å². The fourth-order valence-electron chi connectivity index (χ4n) is 1.13. The third-order valence-electron chi connectivity index (χ3n) is 2.05. The van der Waals surface area contributed by atoms with Crippen LogP contribution in [0, 0.1) is 6.92 Å². The second kappa shape index (κ2) is 4.59. The van der Waals surface area contributed by atoms with Gasteiger partial charge in [0.1, 0.15) is 0 Å². The molecule has 0 radical (unpaired) electrons. The molecule has 0 spiro atoms. The molecule has 1 aromatic heterocycles. The zero-order chi connectivity index (χ0) is 11.4. The minimum absolute atomic E-state index is 0.147. The Morgan fingerprint density at radius 1 is 1.53 bits per heavy atom. The van der Waals surface area contributed by atoms with Crippen LogP contribution in [0.25, 0.3) is 0 Å². The summed E-state index contributed by atoms with van der Waals surface area (Å²) >= 11 is 0. The molecule has 1 amide bonds. The fraction of sp³-hybridized carbons (Fsp3) is 0.444. The SMILES string of the molecule is CNC(=O)CCn1cc(C)c(=O)[nH]c1=O. The first kappa shape index (κ1) is 11.2. The predicted octanol–water partition coefficient (Wildman–Crippen LogP) is -1.02. The van der Waals surface area contributed by atoms with Gasteiger partial charge in [-0.3, -0.25) is 19.1 Å². The quantitative estimate of drug-likeness (QED) is 0.671. The van der Waals surface area contributed by atoms with Crippen molar-refractivity contribution in [3.05, 3.63) is 32.6 Å². The molecule has 0 aliphatic carbocycles. The molecule has 0 aliphatic rings. The van der Waals surface area contributed by atoms with E-state index >= 15 is 0 Å². The Balaban J connectivity index is 2.87. The van der Waals surface area contributed by atoms with Gasteiger partial charge in [-0.2, -0.15) is 0 Å². The van der Waals surface area contributed by atoms with Gasteiger partial charge in [0.25, 0.3) is 5.56 Å². The number of amides is 1. The van der Waals surface area contributed by atoms with Gasteiger partial charge >= 0.3 is 5.69 Å². The Labute approximate surface area is 85.9 Å². The number of aromatic amines is 1. The topological polar surface area (TPSA) is 84.0 Å². The van der Waals surface area contributed by atoms with Crippen molar-refractivity contribution in [3.63, 3.8) is 0 Å². The van der Waals surface area contributed by atoms with Crippen molar-refractivity contribution < 1.29 is 4.79 Å². The lowest BCUT2D eigenvalue weighted by Crippen LogP contribution is -2.32. The zero-order valence-corrected chi connectivity index (χ0v) is 8.66. The zero-order valence-electron chi connectivity index (χ0n) is 8.66. The van der Waals surface area contributed by atoms with E-state index in [4.69, 9.17) is 0 Å². The van der Waals surface area contributed by atoms with E-state index in [-0.39, 0.29) is 18.9 Å². The molecule has 6 nitrogen and oxygen atoms in total. The minimum Gasteiger partial charge on any atom is -0.359 e. The molecule has 0 saturated carbocycles. The van der Waals surface area contributed by atoms with Gasteiger partial charge in [0, 0.05) is 31.8 Å². The number of carbonyl (C=O) groups is 1. The van der Waals surface area contributed by atoms with Crippen molar-refractivity contribution in [1.29, 1.82) is 0 Å². The molecule has 1 heterocycles. The number of carbonyl (C=O) groups excluding carboxylic acids is 1. The van der Waals surface area contributed by atoms with E-state index in [2.05, 4.69) is 10.3 Å². The maximum absolute atomic E-state index is 11.3. The van der Waals surface area contributed by atoms with E-state index < -0.39 is 11.2 Å². The molecule has 1 rings (SSSR count). The van der Waals surface area contributed by atoms with Gasteiger partial charge in [0.05, 0.1) is 0 Å². The summed E-state index contributed by atoms with van der Waals surface area (Å²) in [6.45, 7) is 1.87. The Hall–Kier alpha value is -1.85. The van der Waals surface area contributed by atoms with Crippen molar-refractivity contribution >= 4 is 5.91 Å². The van der Waals surface area contributed by atoms with Crippen molar-refractivity contribution in [2.75, 3.05) is 7.05 Å². The molecule has 0 aromatic carbocycles. The lowest BCUT2D eigenvalue weighted by Gasteiger charge is -2.04. The summed E-state index contributed by atoms with van der Waals surface area (Å²) in [4.78, 5) is 35.4. The number of nitrogens with zero attached hydrogens (tertiary/aromatic N) is 1. The fourth-order valence-corrected chi connectivity index (χ4v) is 1.13. The molecule has 0 atom stereocenters. The van der Waals surface area contributed by atoms with Gasteiger partial charge in [-0.25, -0.2) is 4.79 Å². The van der Waals surface area contributed by atoms with Crippen LogP contribution in [0.4, 0.5) is 0 Å². The number of H-pyrrole nitrogens is 1. The first-order valence-corrected chi connectivity index (χ1v) is 4.55. The van der Waals surface area contributed by atoms with Crippen molar-refractivity contribution in [2.45, 2.75) is 19.9 Å². The molecule has 2 N–H and O–H groups in total. The van der Waals surface area contributed by atoms with Crippen LogP contribution >= 0.6 is 0 Å². The minimum atomic E-state index is -0.491. The number of nitrogens with one attached hydrogen (secondary N) is 2. The van der Waals surface area contributed by atoms with Crippen LogP contribution in [-0.4, -0.2) is 22.5 Å². The normalized spacial score (nSPS) is 10.0. The summed E-state index contributed by atoms with van der Waals surface area (Å²) in [5.41, 5.74) is -0.433. The summed E-state index contributed by atoms with van der Waals surface area (Å²) in [6, 6.07) is 0. The molecule has 0 aliphatic heterocycles. The predicted molar refractivity (Wildman–Crippen MR) is 54.7 cm³/mol. The lowest BCUT2D eigenvalue weighted by molar-refractivity contribution is -0.120. The van der Waals surface area contributed by atoms with E-state index in [9.17, 15) is 14.4 Å². The van der Waals surface area contributed by atoms with E-state index in [1.165, 1.54) is 17.8 Å². The largest absolute Gasteiger partial charge is 0.359 e. The highest BCUT2D eigenvalue weighted by Crippen LogP contribution is 1.88. The molecule has 0 fully saturated rings. The summed E-state index contributed by atoms with van der Waals surface area (Å²) in [5.74, 6) is -0.147. The first-order valence-electron chi connectivity index (χ1n) is 4.55. The Morgan fingerprint density at radius 3 is 2.80 bits per heavy atom. The van der Waals surface area contributed by atoms with E-state index in [1.54, 1.807) is 6.92 Å². The van der Waals surface area contributed by atoms with Crippen LogP contribution < -0.4 is 16.6 Å². The average molecular weight is 211 g/mol. The van der Waals surface area contributed by atoms with Crippen LogP contribution in [0.1, 0.15) is 12.0 Å². The molecule has 15 heavy (non-hydrogen) atoms. The van der Waals surface area contributed by atoms with E-state index in [0.717, 1.165) is 0 Å². The number of aromatic nitrogens is 2. The van der Waals surface area contributed by atoms with Crippen molar-refractivity contribution in [3.8, 4) is 0 Å². The number of rotatable bonds is 3. The Kier molecular flexibility index (Phi) is 3.43. The lowest BCUT2D eigenvalue weighted by atomic mass is 10.3. The van der Waals surface area contributed by atoms with Crippen LogP contribution in [-0.2, 0) is 11.3 Å². The monoisotopic (exact) mass is 211 g/mol. The summed E-state index contributed by atoms with van der Waals surface area (Å²) in [7, 11) is 1.53. The molecular formula is C9H13N3O3. The highest BCUT2D eigenvalue weighted by molar-refractivity contribution is 5.75. The molecular weight excluding hydrogens is 198 g/mol. The summed E-state index contributed by atoms with van der Waals surface area (Å²) in [5, 5.41) is 2.45. The second-order valence-electron chi connectivity index (χ2n) is 3.19. The van der Waals surface area contributed by atoms with Crippen LogP contribution in [0.5, 0.6) is 0 Å². The Bertz CT molecular complexity index is 472. The molecule has 6 heteroatoms. The highest BCUT2D eigenvalue weighted by atomic mass is 16.2. The second-order valence-corrected chi connectivity index (χ2v) is 3.19. The third kappa shape index (κ3) is 2.80. The van der Waals surface area contributed by atoms with Gasteiger partial charge in [-0.05, 0) is 6.92 Å². The average Bonchev–Trinajstić information content (AvgIpc) is 2.21. The van der Waals surface area contributed by atoms with Crippen LogP contribution in [0.15, 0.2) is 15.8 Å². The van der Waals surface area contributed by atoms with Gasteiger partial charge in [0.2, 0.25) is 5.91 Å². The van der Waals surface area contributed by atoms with Gasteiger partial charge < -0.3 is 5.32 Å². The first-order chi connectivity index (χ1) is 7.04. The highest BCUT2D eigenvalue weighted by Gasteiger charge is 2.03. The molecule has 82 valence electrons. The number of aryl methyl sites for hydroxylation is 2. The smallest absolute Gasteiger partial charge is 0.328 e. The third-order valence-corrected chi connectivity index (χ3v) is 2.05. The number of hydrogen-bond donors (Lipinski definition) is 2. The van der Waals surface area contributed by atoms with Crippen molar-refractivity contribution in [2.24, 2.45) is 0 Å². The molecule has 0 saturated heterocycles. The van der Waals surface area contributed by atoms with E-state index in [1.807, 2.05) is 0 Å². The van der Waals surface area contributed by atoms with Gasteiger partial charge in [-0.15, -0.1) is 0 Å².